The van der Waals surface area contributed by atoms with Crippen LogP contribution < -0.4 is 0 Å². The topological polar surface area (TPSA) is 74.7 Å². The van der Waals surface area contributed by atoms with Crippen LogP contribution in [0.15, 0.2) is 29.2 Å². The van der Waals surface area contributed by atoms with Gasteiger partial charge in [-0.15, -0.1) is 0 Å². The summed E-state index contributed by atoms with van der Waals surface area (Å²) >= 11 is 0. The van der Waals surface area contributed by atoms with Crippen LogP contribution in [0.4, 0.5) is 0 Å². The van der Waals surface area contributed by atoms with Gasteiger partial charge in [0.15, 0.2) is 0 Å². The van der Waals surface area contributed by atoms with Gasteiger partial charge >= 0.3 is 5.97 Å². The van der Waals surface area contributed by atoms with E-state index >= 15 is 0 Å². The fourth-order valence-corrected chi connectivity index (χ4v) is 2.93. The molecule has 1 unspecified atom stereocenters. The van der Waals surface area contributed by atoms with Gasteiger partial charge in [0.25, 0.3) is 0 Å². The number of hydrogen-bond acceptors (Lipinski definition) is 3. The highest BCUT2D eigenvalue weighted by molar-refractivity contribution is 7.85. The molecule has 6 heteroatoms. The van der Waals surface area contributed by atoms with Crippen molar-refractivity contribution in [2.75, 3.05) is 12.8 Å². The molecule has 1 aliphatic rings. The minimum Gasteiger partial charge on any atom is -0.481 e. The van der Waals surface area contributed by atoms with Gasteiger partial charge in [-0.1, -0.05) is 12.1 Å². The number of carbonyl (C=O) groups is 2. The smallest absolute Gasteiger partial charge is 0.307 e. The standard InChI is InChI=1S/C14H17NO4S/c1-15(11-4-5-11)13(16)9-20(19)12-6-2-10(3-7-12)8-14(17)18/h2-3,6-7,11H,4-5,8-9H2,1H3,(H,17,18). The molecule has 0 radical (unpaired) electrons. The zero-order valence-corrected chi connectivity index (χ0v) is 12.1. The Balaban J connectivity index is 1.94. The Labute approximate surface area is 120 Å². The van der Waals surface area contributed by atoms with E-state index in [0.29, 0.717) is 16.5 Å². The number of nitrogens with zero attached hydrogens (tertiary/aromatic N) is 1. The van der Waals surface area contributed by atoms with Crippen molar-refractivity contribution in [3.8, 4) is 0 Å². The average molecular weight is 295 g/mol. The van der Waals surface area contributed by atoms with Crippen molar-refractivity contribution in [2.24, 2.45) is 0 Å². The zero-order valence-electron chi connectivity index (χ0n) is 11.2. The van der Waals surface area contributed by atoms with Gasteiger partial charge in [-0.3, -0.25) is 13.8 Å². The van der Waals surface area contributed by atoms with E-state index in [9.17, 15) is 13.8 Å². The van der Waals surface area contributed by atoms with Gasteiger partial charge in [0.05, 0.1) is 17.2 Å². The third kappa shape index (κ3) is 3.90. The minimum absolute atomic E-state index is 0.0225. The fraction of sp³-hybridized carbons (Fsp3) is 0.429. The third-order valence-electron chi connectivity index (χ3n) is 3.28. The van der Waals surface area contributed by atoms with E-state index in [2.05, 4.69) is 0 Å². The summed E-state index contributed by atoms with van der Waals surface area (Å²) in [6.45, 7) is 0. The van der Waals surface area contributed by atoms with Crippen LogP contribution in [0, 0.1) is 0 Å². The summed E-state index contributed by atoms with van der Waals surface area (Å²) in [6, 6.07) is 6.84. The number of amides is 1. The summed E-state index contributed by atoms with van der Waals surface area (Å²) in [4.78, 5) is 24.7. The lowest BCUT2D eigenvalue weighted by atomic mass is 10.2. The molecule has 1 N–H and O–H groups in total. The Morgan fingerprint density at radius 2 is 1.90 bits per heavy atom. The van der Waals surface area contributed by atoms with E-state index in [-0.39, 0.29) is 18.1 Å². The van der Waals surface area contributed by atoms with Gasteiger partial charge in [0.1, 0.15) is 5.75 Å². The summed E-state index contributed by atoms with van der Waals surface area (Å²) in [5.74, 6) is -1.04. The van der Waals surface area contributed by atoms with Gasteiger partial charge in [0, 0.05) is 18.0 Å². The van der Waals surface area contributed by atoms with E-state index in [1.165, 1.54) is 0 Å². The first-order chi connectivity index (χ1) is 9.47. The molecule has 0 aromatic heterocycles. The van der Waals surface area contributed by atoms with Gasteiger partial charge in [-0.05, 0) is 30.5 Å². The van der Waals surface area contributed by atoms with Crippen molar-refractivity contribution in [3.05, 3.63) is 29.8 Å². The van der Waals surface area contributed by atoms with Gasteiger partial charge < -0.3 is 10.0 Å². The van der Waals surface area contributed by atoms with Crippen LogP contribution in [-0.2, 0) is 26.8 Å². The number of benzene rings is 1. The monoisotopic (exact) mass is 295 g/mol. The highest BCUT2D eigenvalue weighted by Gasteiger charge is 2.30. The first-order valence-corrected chi connectivity index (χ1v) is 7.74. The van der Waals surface area contributed by atoms with Gasteiger partial charge in [0.2, 0.25) is 5.91 Å². The Kier molecular flexibility index (Phi) is 4.54. The molecule has 20 heavy (non-hydrogen) atoms. The van der Waals surface area contributed by atoms with Gasteiger partial charge in [-0.2, -0.15) is 0 Å². The van der Waals surface area contributed by atoms with Crippen LogP contribution in [0.1, 0.15) is 18.4 Å². The molecule has 1 aliphatic carbocycles. The molecule has 1 atom stereocenters. The number of hydrogen-bond donors (Lipinski definition) is 1. The molecule has 0 aliphatic heterocycles. The van der Waals surface area contributed by atoms with Crippen molar-refractivity contribution >= 4 is 22.7 Å². The fourth-order valence-electron chi connectivity index (χ4n) is 1.90. The predicted octanol–water partition coefficient (Wildman–Crippen LogP) is 1.04. The normalized spacial score (nSPS) is 15.7. The molecule has 1 fully saturated rings. The Bertz CT molecular complexity index is 537. The summed E-state index contributed by atoms with van der Waals surface area (Å²) in [6.07, 6.45) is 1.99. The molecule has 108 valence electrons. The molecule has 0 spiro atoms. The Hall–Kier alpha value is -1.69. The first kappa shape index (κ1) is 14.7. The minimum atomic E-state index is -1.38. The van der Waals surface area contributed by atoms with Crippen molar-refractivity contribution in [2.45, 2.75) is 30.2 Å². The average Bonchev–Trinajstić information content (AvgIpc) is 3.22. The molecule has 1 amide bonds. The predicted molar refractivity (Wildman–Crippen MR) is 74.8 cm³/mol. The largest absolute Gasteiger partial charge is 0.481 e. The maximum absolute atomic E-state index is 12.1. The molecule has 5 nitrogen and oxygen atoms in total. The SMILES string of the molecule is CN(C(=O)CS(=O)c1ccc(CC(=O)O)cc1)C1CC1. The van der Waals surface area contributed by atoms with Crippen LogP contribution in [0.5, 0.6) is 0 Å². The summed E-state index contributed by atoms with van der Waals surface area (Å²) < 4.78 is 12.1. The van der Waals surface area contributed by atoms with Crippen LogP contribution >= 0.6 is 0 Å². The lowest BCUT2D eigenvalue weighted by Crippen LogP contribution is -2.32. The van der Waals surface area contributed by atoms with E-state index in [4.69, 9.17) is 5.11 Å². The second-order valence-electron chi connectivity index (χ2n) is 4.94. The second kappa shape index (κ2) is 6.17. The van der Waals surface area contributed by atoms with Crippen LogP contribution in [0.25, 0.3) is 0 Å². The molecule has 0 heterocycles. The lowest BCUT2D eigenvalue weighted by Gasteiger charge is -2.15. The van der Waals surface area contributed by atoms with Crippen LogP contribution in [0.2, 0.25) is 0 Å². The molecule has 1 saturated carbocycles. The number of carbonyl (C=O) groups excluding carboxylic acids is 1. The van der Waals surface area contributed by atoms with E-state index in [0.717, 1.165) is 12.8 Å². The molecule has 0 bridgehead atoms. The van der Waals surface area contributed by atoms with Crippen LogP contribution in [-0.4, -0.2) is 44.9 Å². The highest BCUT2D eigenvalue weighted by Crippen LogP contribution is 2.25. The second-order valence-corrected chi connectivity index (χ2v) is 6.39. The van der Waals surface area contributed by atoms with Crippen molar-refractivity contribution in [1.82, 2.24) is 4.90 Å². The van der Waals surface area contributed by atoms with Crippen molar-refractivity contribution in [3.63, 3.8) is 0 Å². The Morgan fingerprint density at radius 3 is 2.40 bits per heavy atom. The molecule has 1 aromatic rings. The Morgan fingerprint density at radius 1 is 1.30 bits per heavy atom. The summed E-state index contributed by atoms with van der Waals surface area (Å²) in [5, 5.41) is 8.67. The molecule has 1 aromatic carbocycles. The molecule has 0 saturated heterocycles. The number of carboxylic acid groups (broad SMARTS) is 1. The maximum Gasteiger partial charge on any atom is 0.307 e. The van der Waals surface area contributed by atoms with Crippen molar-refractivity contribution < 1.29 is 18.9 Å². The van der Waals surface area contributed by atoms with E-state index in [1.54, 1.807) is 36.2 Å². The van der Waals surface area contributed by atoms with E-state index in [1.807, 2.05) is 0 Å². The number of carboxylic acids is 1. The maximum atomic E-state index is 12.1. The quantitative estimate of drug-likeness (QED) is 0.851. The van der Waals surface area contributed by atoms with E-state index < -0.39 is 16.8 Å². The number of rotatable bonds is 6. The molecular formula is C14H17NO4S. The molecule has 2 rings (SSSR count). The first-order valence-electron chi connectivity index (χ1n) is 6.42. The lowest BCUT2D eigenvalue weighted by molar-refractivity contribution is -0.136. The highest BCUT2D eigenvalue weighted by atomic mass is 32.2. The van der Waals surface area contributed by atoms with Gasteiger partial charge in [-0.25, -0.2) is 0 Å². The zero-order chi connectivity index (χ0) is 14.7. The number of aliphatic carboxylic acids is 1. The van der Waals surface area contributed by atoms with Crippen molar-refractivity contribution in [1.29, 1.82) is 0 Å². The summed E-state index contributed by atoms with van der Waals surface area (Å²) in [5.41, 5.74) is 0.652. The summed E-state index contributed by atoms with van der Waals surface area (Å²) in [7, 11) is 0.361. The van der Waals surface area contributed by atoms with Crippen LogP contribution in [0.3, 0.4) is 0 Å². The molecular weight excluding hydrogens is 278 g/mol. The third-order valence-corrected chi connectivity index (χ3v) is 4.59.